The van der Waals surface area contributed by atoms with Crippen molar-refractivity contribution in [3.63, 3.8) is 0 Å². The van der Waals surface area contributed by atoms with Crippen LogP contribution >= 0.6 is 0 Å². The topological polar surface area (TPSA) is 62.6 Å². The molecule has 0 bridgehead atoms. The fourth-order valence-electron chi connectivity index (χ4n) is 3.09. The van der Waals surface area contributed by atoms with Crippen molar-refractivity contribution in [1.29, 1.82) is 0 Å². The number of imidazole rings is 1. The van der Waals surface area contributed by atoms with Gasteiger partial charge in [-0.25, -0.2) is 9.78 Å². The number of nitrogens with zero attached hydrogens (tertiary/aromatic N) is 2. The summed E-state index contributed by atoms with van der Waals surface area (Å²) in [6.45, 7) is 8.26. The maximum Gasteiger partial charge on any atom is 0.350 e. The maximum atomic E-state index is 12.2. The number of hydrogen-bond donors (Lipinski definition) is 0. The molecule has 0 fully saturated rings. The van der Waals surface area contributed by atoms with Gasteiger partial charge in [-0.2, -0.15) is 0 Å². The molecule has 0 aliphatic heterocycles. The Morgan fingerprint density at radius 1 is 1.06 bits per heavy atom. The van der Waals surface area contributed by atoms with Crippen molar-refractivity contribution in [1.82, 2.24) is 9.55 Å². The second kappa shape index (κ2) is 10.7. The van der Waals surface area contributed by atoms with E-state index >= 15 is 0 Å². The standard InChI is InChI=1S/C26H30N2O4/c1-5-26(4,25(29)30-6-2)32-24-13-11-23(12-14-24)31-18-15-20(3)21-7-9-22(10-8-21)28-17-16-27-19-28/h7-17,19H,5-6,18H2,1-4H3/b20-15-. The summed E-state index contributed by atoms with van der Waals surface area (Å²) in [5.41, 5.74) is 2.33. The van der Waals surface area contributed by atoms with Gasteiger partial charge in [-0.1, -0.05) is 19.1 Å². The van der Waals surface area contributed by atoms with Crippen LogP contribution in [0.1, 0.15) is 39.7 Å². The quantitative estimate of drug-likeness (QED) is 0.396. The largest absolute Gasteiger partial charge is 0.490 e. The van der Waals surface area contributed by atoms with Crippen molar-refractivity contribution in [2.45, 2.75) is 39.7 Å². The van der Waals surface area contributed by atoms with Gasteiger partial charge in [0.15, 0.2) is 0 Å². The summed E-state index contributed by atoms with van der Waals surface area (Å²) in [6.07, 6.45) is 8.02. The molecule has 3 rings (SSSR count). The van der Waals surface area contributed by atoms with Crippen LogP contribution in [0.3, 0.4) is 0 Å². The fourth-order valence-corrected chi connectivity index (χ4v) is 3.09. The monoisotopic (exact) mass is 434 g/mol. The highest BCUT2D eigenvalue weighted by Gasteiger charge is 2.35. The third-order valence-electron chi connectivity index (χ3n) is 5.31. The molecule has 6 heteroatoms. The number of esters is 1. The zero-order valence-corrected chi connectivity index (χ0v) is 19.1. The molecule has 0 saturated heterocycles. The van der Waals surface area contributed by atoms with E-state index in [1.807, 2.05) is 35.9 Å². The van der Waals surface area contributed by atoms with Gasteiger partial charge in [0.25, 0.3) is 0 Å². The van der Waals surface area contributed by atoms with Gasteiger partial charge in [0.1, 0.15) is 18.1 Å². The Morgan fingerprint density at radius 3 is 2.34 bits per heavy atom. The highest BCUT2D eigenvalue weighted by atomic mass is 16.6. The number of ether oxygens (including phenoxy) is 3. The van der Waals surface area contributed by atoms with E-state index in [1.54, 1.807) is 38.5 Å². The van der Waals surface area contributed by atoms with Gasteiger partial charge in [0.05, 0.1) is 12.9 Å². The lowest BCUT2D eigenvalue weighted by Crippen LogP contribution is -2.42. The molecule has 0 amide bonds. The highest BCUT2D eigenvalue weighted by Crippen LogP contribution is 2.25. The molecular formula is C26H30N2O4. The molecule has 6 nitrogen and oxygen atoms in total. The van der Waals surface area contributed by atoms with Crippen LogP contribution in [0.25, 0.3) is 11.3 Å². The van der Waals surface area contributed by atoms with Gasteiger partial charge in [-0.3, -0.25) is 0 Å². The van der Waals surface area contributed by atoms with E-state index in [2.05, 4.69) is 36.2 Å². The molecule has 1 atom stereocenters. The summed E-state index contributed by atoms with van der Waals surface area (Å²) in [6, 6.07) is 15.6. The van der Waals surface area contributed by atoms with Crippen LogP contribution in [0, 0.1) is 0 Å². The number of carbonyl (C=O) groups is 1. The van der Waals surface area contributed by atoms with E-state index in [4.69, 9.17) is 14.2 Å². The lowest BCUT2D eigenvalue weighted by atomic mass is 10.0. The van der Waals surface area contributed by atoms with Crippen LogP contribution in [-0.2, 0) is 9.53 Å². The SMILES string of the molecule is CCOC(=O)C(C)(CC)Oc1ccc(OC/C=C(/C)c2ccc(-n3ccnc3)cc2)cc1. The number of benzene rings is 2. The Bertz CT molecular complexity index is 1020. The third-order valence-corrected chi connectivity index (χ3v) is 5.31. The first-order valence-corrected chi connectivity index (χ1v) is 10.8. The van der Waals surface area contributed by atoms with E-state index in [9.17, 15) is 4.79 Å². The average Bonchev–Trinajstić information content (AvgIpc) is 3.35. The molecule has 0 aliphatic carbocycles. The second-order valence-corrected chi connectivity index (χ2v) is 7.59. The molecule has 0 saturated carbocycles. The molecule has 1 unspecified atom stereocenters. The lowest BCUT2D eigenvalue weighted by molar-refractivity contribution is -0.160. The van der Waals surface area contributed by atoms with Crippen LogP contribution in [0.2, 0.25) is 0 Å². The molecule has 0 aliphatic rings. The smallest absolute Gasteiger partial charge is 0.350 e. The molecule has 32 heavy (non-hydrogen) atoms. The van der Waals surface area contributed by atoms with Crippen LogP contribution in [0.4, 0.5) is 0 Å². The van der Waals surface area contributed by atoms with Crippen molar-refractivity contribution in [3.05, 3.63) is 78.9 Å². The third kappa shape index (κ3) is 5.78. The minimum atomic E-state index is -1.01. The zero-order chi connectivity index (χ0) is 23.0. The van der Waals surface area contributed by atoms with E-state index < -0.39 is 5.60 Å². The van der Waals surface area contributed by atoms with Crippen LogP contribution in [-0.4, -0.2) is 34.3 Å². The summed E-state index contributed by atoms with van der Waals surface area (Å²) in [5.74, 6) is 0.965. The summed E-state index contributed by atoms with van der Waals surface area (Å²) in [7, 11) is 0. The van der Waals surface area contributed by atoms with Gasteiger partial charge >= 0.3 is 5.97 Å². The first-order chi connectivity index (χ1) is 15.4. The van der Waals surface area contributed by atoms with Crippen molar-refractivity contribution in [2.75, 3.05) is 13.2 Å². The van der Waals surface area contributed by atoms with Crippen molar-refractivity contribution >= 4 is 11.5 Å². The zero-order valence-electron chi connectivity index (χ0n) is 19.1. The molecule has 1 aromatic heterocycles. The van der Waals surface area contributed by atoms with E-state index in [0.29, 0.717) is 25.4 Å². The minimum Gasteiger partial charge on any atom is -0.490 e. The number of rotatable bonds is 10. The highest BCUT2D eigenvalue weighted by molar-refractivity contribution is 5.79. The van der Waals surface area contributed by atoms with Crippen molar-refractivity contribution < 1.29 is 19.0 Å². The first kappa shape index (κ1) is 23.1. The molecule has 0 spiro atoms. The van der Waals surface area contributed by atoms with Crippen molar-refractivity contribution in [2.24, 2.45) is 0 Å². The van der Waals surface area contributed by atoms with Crippen LogP contribution in [0.5, 0.6) is 11.5 Å². The van der Waals surface area contributed by atoms with E-state index in [0.717, 1.165) is 22.6 Å². The molecule has 3 aromatic rings. The van der Waals surface area contributed by atoms with Crippen molar-refractivity contribution in [3.8, 4) is 17.2 Å². The van der Waals surface area contributed by atoms with Gasteiger partial charge < -0.3 is 18.8 Å². The predicted octanol–water partition coefficient (Wildman–Crippen LogP) is 5.47. The summed E-state index contributed by atoms with van der Waals surface area (Å²) in [4.78, 5) is 16.3. The maximum absolute atomic E-state index is 12.2. The number of carbonyl (C=O) groups excluding carboxylic acids is 1. The first-order valence-electron chi connectivity index (χ1n) is 10.8. The van der Waals surface area contributed by atoms with Crippen LogP contribution < -0.4 is 9.47 Å². The lowest BCUT2D eigenvalue weighted by Gasteiger charge is -2.27. The predicted molar refractivity (Wildman–Crippen MR) is 125 cm³/mol. The Labute approximate surface area is 189 Å². The summed E-state index contributed by atoms with van der Waals surface area (Å²) >= 11 is 0. The van der Waals surface area contributed by atoms with E-state index in [-0.39, 0.29) is 5.97 Å². The van der Waals surface area contributed by atoms with Gasteiger partial charge in [0, 0.05) is 18.1 Å². The summed E-state index contributed by atoms with van der Waals surface area (Å²) < 4.78 is 18.9. The number of hydrogen-bond acceptors (Lipinski definition) is 5. The minimum absolute atomic E-state index is 0.326. The fraction of sp³-hybridized carbons (Fsp3) is 0.308. The Hall–Kier alpha value is -3.54. The molecule has 2 aromatic carbocycles. The molecule has 1 heterocycles. The van der Waals surface area contributed by atoms with Crippen LogP contribution in [0.15, 0.2) is 73.3 Å². The molecule has 0 radical (unpaired) electrons. The average molecular weight is 435 g/mol. The second-order valence-electron chi connectivity index (χ2n) is 7.59. The Morgan fingerprint density at radius 2 is 1.75 bits per heavy atom. The Balaban J connectivity index is 1.55. The normalized spacial score (nSPS) is 13.3. The van der Waals surface area contributed by atoms with Gasteiger partial charge in [-0.15, -0.1) is 0 Å². The van der Waals surface area contributed by atoms with E-state index in [1.165, 1.54) is 0 Å². The molecular weight excluding hydrogens is 404 g/mol. The Kier molecular flexibility index (Phi) is 7.71. The van der Waals surface area contributed by atoms with Gasteiger partial charge in [0.2, 0.25) is 5.60 Å². The number of aromatic nitrogens is 2. The number of allylic oxidation sites excluding steroid dienone is 1. The molecule has 0 N–H and O–H groups in total. The molecule has 168 valence electrons. The summed E-state index contributed by atoms with van der Waals surface area (Å²) in [5, 5.41) is 0. The van der Waals surface area contributed by atoms with Gasteiger partial charge in [-0.05, 0) is 80.8 Å².